The number of rotatable bonds is 3. The molecule has 1 unspecified atom stereocenters. The highest BCUT2D eigenvalue weighted by molar-refractivity contribution is 7.19. The summed E-state index contributed by atoms with van der Waals surface area (Å²) in [6.45, 7) is 1.97. The van der Waals surface area contributed by atoms with E-state index in [0.717, 1.165) is 4.88 Å². The van der Waals surface area contributed by atoms with Gasteiger partial charge in [0.25, 0.3) is 0 Å². The van der Waals surface area contributed by atoms with E-state index in [0.29, 0.717) is 0 Å². The van der Waals surface area contributed by atoms with Crippen LogP contribution in [-0.4, -0.2) is 11.8 Å². The van der Waals surface area contributed by atoms with Gasteiger partial charge in [0.2, 0.25) is 5.91 Å². The molecule has 0 fully saturated rings. The minimum Gasteiger partial charge on any atom is -0.348 e. The number of alkyl halides is 1. The first-order valence-corrected chi connectivity index (χ1v) is 6.39. The maximum atomic E-state index is 11.2. The van der Waals surface area contributed by atoms with Gasteiger partial charge in [0.1, 0.15) is 5.88 Å². The van der Waals surface area contributed by atoms with Crippen LogP contribution in [0.2, 0.25) is 0 Å². The van der Waals surface area contributed by atoms with Crippen LogP contribution in [0.5, 0.6) is 0 Å². The van der Waals surface area contributed by atoms with Crippen LogP contribution in [0.4, 0.5) is 0 Å². The van der Waals surface area contributed by atoms with E-state index in [2.05, 4.69) is 23.5 Å². The fraction of sp³-hybridized carbons (Fsp3) is 0.250. The number of halogens is 1. The standard InChI is InChI=1S/C12H12ClNOS/c1-8(14-12(15)7-13)11-6-9-4-2-3-5-10(9)16-11/h2-6,8H,7H2,1H3,(H,14,15). The third-order valence-electron chi connectivity index (χ3n) is 2.37. The summed E-state index contributed by atoms with van der Waals surface area (Å²) in [7, 11) is 0. The molecule has 0 saturated carbocycles. The van der Waals surface area contributed by atoms with Gasteiger partial charge in [-0.2, -0.15) is 0 Å². The number of hydrogen-bond acceptors (Lipinski definition) is 2. The SMILES string of the molecule is CC(NC(=O)CCl)c1cc2ccccc2s1. The molecule has 0 aliphatic rings. The van der Waals surface area contributed by atoms with E-state index in [4.69, 9.17) is 11.6 Å². The lowest BCUT2D eigenvalue weighted by atomic mass is 10.2. The molecule has 1 atom stereocenters. The summed E-state index contributed by atoms with van der Waals surface area (Å²) >= 11 is 7.15. The Bertz CT molecular complexity index is 475. The van der Waals surface area contributed by atoms with Gasteiger partial charge < -0.3 is 5.32 Å². The van der Waals surface area contributed by atoms with Crippen molar-refractivity contribution in [1.29, 1.82) is 0 Å². The molecule has 0 aliphatic carbocycles. The number of benzene rings is 1. The number of thiophene rings is 1. The van der Waals surface area contributed by atoms with Gasteiger partial charge in [-0.1, -0.05) is 18.2 Å². The Morgan fingerprint density at radius 2 is 2.25 bits per heavy atom. The van der Waals surface area contributed by atoms with E-state index in [1.54, 1.807) is 11.3 Å². The molecule has 0 saturated heterocycles. The summed E-state index contributed by atoms with van der Waals surface area (Å²) in [5.41, 5.74) is 0. The van der Waals surface area contributed by atoms with Gasteiger partial charge in [0.05, 0.1) is 6.04 Å². The number of nitrogens with one attached hydrogen (secondary N) is 1. The van der Waals surface area contributed by atoms with Gasteiger partial charge in [-0.15, -0.1) is 22.9 Å². The molecule has 0 aliphatic heterocycles. The average molecular weight is 254 g/mol. The van der Waals surface area contributed by atoms with Crippen LogP contribution >= 0.6 is 22.9 Å². The summed E-state index contributed by atoms with van der Waals surface area (Å²) in [6, 6.07) is 10.3. The summed E-state index contributed by atoms with van der Waals surface area (Å²) in [6.07, 6.45) is 0. The number of carbonyl (C=O) groups is 1. The fourth-order valence-electron chi connectivity index (χ4n) is 1.57. The van der Waals surface area contributed by atoms with Crippen molar-refractivity contribution in [2.24, 2.45) is 0 Å². The van der Waals surface area contributed by atoms with Crippen molar-refractivity contribution in [3.63, 3.8) is 0 Å². The molecule has 1 amide bonds. The molecule has 1 aromatic heterocycles. The highest BCUT2D eigenvalue weighted by Crippen LogP contribution is 2.29. The van der Waals surface area contributed by atoms with E-state index < -0.39 is 0 Å². The van der Waals surface area contributed by atoms with Crippen molar-refractivity contribution < 1.29 is 4.79 Å². The lowest BCUT2D eigenvalue weighted by molar-refractivity contribution is -0.119. The zero-order valence-corrected chi connectivity index (χ0v) is 10.4. The van der Waals surface area contributed by atoms with Crippen LogP contribution in [0.3, 0.4) is 0 Å². The monoisotopic (exact) mass is 253 g/mol. The number of fused-ring (bicyclic) bond motifs is 1. The second-order valence-corrected chi connectivity index (χ2v) is 4.99. The topological polar surface area (TPSA) is 29.1 Å². The largest absolute Gasteiger partial charge is 0.348 e. The van der Waals surface area contributed by atoms with E-state index in [1.165, 1.54) is 10.1 Å². The van der Waals surface area contributed by atoms with Gasteiger partial charge >= 0.3 is 0 Å². The molecule has 0 spiro atoms. The summed E-state index contributed by atoms with van der Waals surface area (Å²) in [5, 5.41) is 4.06. The molecule has 2 rings (SSSR count). The van der Waals surface area contributed by atoms with Crippen molar-refractivity contribution in [3.8, 4) is 0 Å². The van der Waals surface area contributed by atoms with Gasteiger partial charge in [-0.3, -0.25) is 4.79 Å². The molecule has 2 aromatic rings. The summed E-state index contributed by atoms with van der Waals surface area (Å²) in [4.78, 5) is 12.3. The lowest BCUT2D eigenvalue weighted by Crippen LogP contribution is -2.26. The number of amides is 1. The Morgan fingerprint density at radius 3 is 2.94 bits per heavy atom. The molecule has 1 heterocycles. The Kier molecular flexibility index (Phi) is 3.46. The molecule has 84 valence electrons. The second-order valence-electron chi connectivity index (χ2n) is 3.61. The molecule has 0 bridgehead atoms. The maximum Gasteiger partial charge on any atom is 0.235 e. The summed E-state index contributed by atoms with van der Waals surface area (Å²) in [5.74, 6) is -0.124. The highest BCUT2D eigenvalue weighted by Gasteiger charge is 2.11. The summed E-state index contributed by atoms with van der Waals surface area (Å²) < 4.78 is 1.24. The fourth-order valence-corrected chi connectivity index (χ4v) is 2.71. The first-order valence-electron chi connectivity index (χ1n) is 5.04. The molecule has 4 heteroatoms. The quantitative estimate of drug-likeness (QED) is 0.836. The van der Waals surface area contributed by atoms with Gasteiger partial charge in [-0.25, -0.2) is 0 Å². The zero-order chi connectivity index (χ0) is 11.5. The molecule has 1 N–H and O–H groups in total. The second kappa shape index (κ2) is 4.85. The molecule has 2 nitrogen and oxygen atoms in total. The van der Waals surface area contributed by atoms with Gasteiger partial charge in [0.15, 0.2) is 0 Å². The Labute approximate surface area is 103 Å². The van der Waals surface area contributed by atoms with Crippen molar-refractivity contribution in [1.82, 2.24) is 5.32 Å². The minimum atomic E-state index is -0.133. The van der Waals surface area contributed by atoms with Gasteiger partial charge in [-0.05, 0) is 24.4 Å². The first-order chi connectivity index (χ1) is 7.70. The third-order valence-corrected chi connectivity index (χ3v) is 3.91. The number of hydrogen-bond donors (Lipinski definition) is 1. The van der Waals surface area contributed by atoms with Crippen molar-refractivity contribution in [3.05, 3.63) is 35.2 Å². The molecule has 16 heavy (non-hydrogen) atoms. The zero-order valence-electron chi connectivity index (χ0n) is 8.87. The maximum absolute atomic E-state index is 11.2. The predicted octanol–water partition coefficient (Wildman–Crippen LogP) is 3.32. The van der Waals surface area contributed by atoms with Gasteiger partial charge in [0, 0.05) is 9.58 Å². The molecule has 1 aromatic carbocycles. The minimum absolute atomic E-state index is 0.00916. The normalized spacial score (nSPS) is 12.6. The van der Waals surface area contributed by atoms with Crippen molar-refractivity contribution in [2.75, 3.05) is 5.88 Å². The highest BCUT2D eigenvalue weighted by atomic mass is 35.5. The Hall–Kier alpha value is -1.06. The third kappa shape index (κ3) is 2.36. The molecule has 0 radical (unpaired) electrons. The van der Waals surface area contributed by atoms with Crippen LogP contribution in [0, 0.1) is 0 Å². The van der Waals surface area contributed by atoms with Crippen LogP contribution in [0.25, 0.3) is 10.1 Å². The van der Waals surface area contributed by atoms with Crippen LogP contribution in [-0.2, 0) is 4.79 Å². The van der Waals surface area contributed by atoms with E-state index in [9.17, 15) is 4.79 Å². The van der Waals surface area contributed by atoms with Crippen molar-refractivity contribution in [2.45, 2.75) is 13.0 Å². The van der Waals surface area contributed by atoms with Crippen LogP contribution in [0.1, 0.15) is 17.8 Å². The van der Waals surface area contributed by atoms with E-state index in [-0.39, 0.29) is 17.8 Å². The molecular formula is C12H12ClNOS. The van der Waals surface area contributed by atoms with Crippen LogP contribution < -0.4 is 5.32 Å². The average Bonchev–Trinajstić information content (AvgIpc) is 2.72. The molecular weight excluding hydrogens is 242 g/mol. The van der Waals surface area contributed by atoms with Crippen LogP contribution in [0.15, 0.2) is 30.3 Å². The smallest absolute Gasteiger partial charge is 0.235 e. The Balaban J connectivity index is 2.23. The van der Waals surface area contributed by atoms with E-state index >= 15 is 0 Å². The predicted molar refractivity (Wildman–Crippen MR) is 69.1 cm³/mol. The number of carbonyl (C=O) groups excluding carboxylic acids is 1. The van der Waals surface area contributed by atoms with E-state index in [1.807, 2.05) is 19.1 Å². The lowest BCUT2D eigenvalue weighted by Gasteiger charge is -2.10. The first kappa shape index (κ1) is 11.4. The van der Waals surface area contributed by atoms with Crippen molar-refractivity contribution >= 4 is 38.9 Å². The Morgan fingerprint density at radius 1 is 1.50 bits per heavy atom.